The fourth-order valence-corrected chi connectivity index (χ4v) is 3.37. The van der Waals surface area contributed by atoms with Crippen LogP contribution in [0.3, 0.4) is 0 Å². The van der Waals surface area contributed by atoms with Gasteiger partial charge in [-0.1, -0.05) is 24.3 Å². The predicted octanol–water partition coefficient (Wildman–Crippen LogP) is 4.83. The summed E-state index contributed by atoms with van der Waals surface area (Å²) in [5, 5.41) is 2.94. The van der Waals surface area contributed by atoms with Gasteiger partial charge in [0.05, 0.1) is 17.2 Å². The molecule has 1 atom stereocenters. The van der Waals surface area contributed by atoms with Crippen molar-refractivity contribution >= 4 is 22.9 Å². The molecule has 2 aliphatic heterocycles. The Balaban J connectivity index is 1.82. The van der Waals surface area contributed by atoms with E-state index in [0.29, 0.717) is 22.4 Å². The third kappa shape index (κ3) is 2.58. The Hall–Kier alpha value is -3.02. The van der Waals surface area contributed by atoms with Gasteiger partial charge in [-0.3, -0.25) is 4.79 Å². The Kier molecular flexibility index (Phi) is 3.64. The van der Waals surface area contributed by atoms with E-state index in [1.165, 1.54) is 6.07 Å². The monoisotopic (exact) mass is 356 g/mol. The first-order chi connectivity index (χ1) is 12.4. The molecule has 26 heavy (non-hydrogen) atoms. The molecule has 0 fully saturated rings. The molecular weight excluding hydrogens is 341 g/mol. The average Bonchev–Trinajstić information content (AvgIpc) is 2.61. The summed E-state index contributed by atoms with van der Waals surface area (Å²) in [4.78, 5) is 14.7. The molecule has 2 aromatic carbocycles. The first-order valence-electron chi connectivity index (χ1n) is 8.15. The summed E-state index contributed by atoms with van der Waals surface area (Å²) in [6, 6.07) is 12.5. The zero-order valence-corrected chi connectivity index (χ0v) is 13.8. The number of amides is 1. The van der Waals surface area contributed by atoms with Gasteiger partial charge in [-0.05, 0) is 42.8 Å². The molecule has 0 spiro atoms. The second kappa shape index (κ2) is 5.76. The minimum atomic E-state index is -4.43. The minimum absolute atomic E-state index is 0.239. The van der Waals surface area contributed by atoms with Crippen LogP contribution in [0, 0.1) is 0 Å². The number of carbonyl (C=O) groups excluding carboxylic acids is 1. The molecule has 1 unspecified atom stereocenters. The first kappa shape index (κ1) is 16.4. The lowest BCUT2D eigenvalue weighted by molar-refractivity contribution is -0.137. The quantitative estimate of drug-likeness (QED) is 0.793. The second-order valence-corrected chi connectivity index (χ2v) is 6.29. The molecule has 0 saturated heterocycles. The Morgan fingerprint density at radius 2 is 1.77 bits per heavy atom. The summed E-state index contributed by atoms with van der Waals surface area (Å²) in [7, 11) is 0. The van der Waals surface area contributed by atoms with Crippen molar-refractivity contribution < 1.29 is 18.0 Å². The minimum Gasteiger partial charge on any atom is -0.360 e. The fraction of sp³-hybridized carbons (Fsp3) is 0.150. The third-order valence-electron chi connectivity index (χ3n) is 4.60. The molecule has 0 aliphatic carbocycles. The van der Waals surface area contributed by atoms with Crippen molar-refractivity contribution in [3.63, 3.8) is 0 Å². The lowest BCUT2D eigenvalue weighted by atomic mass is 9.87. The van der Waals surface area contributed by atoms with Crippen LogP contribution in [0.1, 0.15) is 18.1 Å². The molecule has 1 amide bonds. The molecule has 0 bridgehead atoms. The SMILES string of the molecule is CC1C=C2C(=CNc3ccc(C(F)(F)F)cc32)C(=O)N1c1ccccc1. The van der Waals surface area contributed by atoms with Crippen molar-refractivity contribution in [2.45, 2.75) is 19.1 Å². The van der Waals surface area contributed by atoms with Crippen molar-refractivity contribution in [2.75, 3.05) is 10.2 Å². The number of hydrogen-bond acceptors (Lipinski definition) is 2. The molecule has 0 aromatic heterocycles. The van der Waals surface area contributed by atoms with E-state index in [1.807, 2.05) is 43.3 Å². The molecule has 1 N–H and O–H groups in total. The highest BCUT2D eigenvalue weighted by molar-refractivity contribution is 6.20. The fourth-order valence-electron chi connectivity index (χ4n) is 3.37. The van der Waals surface area contributed by atoms with Crippen LogP contribution in [-0.2, 0) is 11.0 Å². The number of rotatable bonds is 1. The molecule has 4 rings (SSSR count). The molecule has 0 radical (unpaired) electrons. The molecule has 3 nitrogen and oxygen atoms in total. The number of halogens is 3. The number of fused-ring (bicyclic) bond motifs is 3. The van der Waals surface area contributed by atoms with E-state index in [2.05, 4.69) is 5.32 Å². The average molecular weight is 356 g/mol. The van der Waals surface area contributed by atoms with E-state index < -0.39 is 11.7 Å². The van der Waals surface area contributed by atoms with Crippen LogP contribution < -0.4 is 10.2 Å². The van der Waals surface area contributed by atoms with E-state index >= 15 is 0 Å². The number of anilines is 2. The van der Waals surface area contributed by atoms with Crippen LogP contribution in [0.4, 0.5) is 24.5 Å². The summed E-state index contributed by atoms with van der Waals surface area (Å²) in [5.74, 6) is -0.239. The van der Waals surface area contributed by atoms with Gasteiger partial charge in [0.15, 0.2) is 0 Å². The number of benzene rings is 2. The summed E-state index contributed by atoms with van der Waals surface area (Å²) in [6.45, 7) is 1.85. The zero-order chi connectivity index (χ0) is 18.5. The maximum Gasteiger partial charge on any atom is 0.416 e. The summed E-state index contributed by atoms with van der Waals surface area (Å²) < 4.78 is 39.3. The van der Waals surface area contributed by atoms with Crippen molar-refractivity contribution in [3.8, 4) is 0 Å². The van der Waals surface area contributed by atoms with Crippen LogP contribution in [0.2, 0.25) is 0 Å². The molecule has 2 heterocycles. The third-order valence-corrected chi connectivity index (χ3v) is 4.60. The molecular formula is C20H15F3N2O. The van der Waals surface area contributed by atoms with Crippen LogP contribution in [0.25, 0.3) is 5.57 Å². The predicted molar refractivity (Wildman–Crippen MR) is 94.5 cm³/mol. The lowest BCUT2D eigenvalue weighted by Gasteiger charge is -2.36. The molecule has 2 aromatic rings. The van der Waals surface area contributed by atoms with Gasteiger partial charge in [0, 0.05) is 23.1 Å². The molecule has 6 heteroatoms. The Bertz CT molecular complexity index is 945. The van der Waals surface area contributed by atoms with Gasteiger partial charge in [-0.2, -0.15) is 13.2 Å². The highest BCUT2D eigenvalue weighted by Crippen LogP contribution is 2.42. The van der Waals surface area contributed by atoms with Crippen molar-refractivity contribution in [3.05, 3.63) is 77.5 Å². The Labute approximate surface area is 148 Å². The highest BCUT2D eigenvalue weighted by Gasteiger charge is 2.36. The van der Waals surface area contributed by atoms with Crippen LogP contribution in [0.5, 0.6) is 0 Å². The largest absolute Gasteiger partial charge is 0.416 e. The number of alkyl halides is 3. The number of nitrogens with one attached hydrogen (secondary N) is 1. The van der Waals surface area contributed by atoms with E-state index in [4.69, 9.17) is 0 Å². The van der Waals surface area contributed by atoms with E-state index in [-0.39, 0.29) is 11.9 Å². The van der Waals surface area contributed by atoms with Crippen LogP contribution in [-0.4, -0.2) is 11.9 Å². The number of nitrogens with zero attached hydrogens (tertiary/aromatic N) is 1. The van der Waals surface area contributed by atoms with E-state index in [0.717, 1.165) is 17.8 Å². The normalized spacial score (nSPS) is 19.2. The van der Waals surface area contributed by atoms with Gasteiger partial charge in [-0.25, -0.2) is 0 Å². The molecule has 2 aliphatic rings. The second-order valence-electron chi connectivity index (χ2n) is 6.29. The topological polar surface area (TPSA) is 32.3 Å². The summed E-state index contributed by atoms with van der Waals surface area (Å²) in [5.41, 5.74) is 1.86. The van der Waals surface area contributed by atoms with Gasteiger partial charge in [0.2, 0.25) is 0 Å². The maximum atomic E-state index is 13.1. The number of carbonyl (C=O) groups is 1. The maximum absolute atomic E-state index is 13.1. The standard InChI is InChI=1S/C20H15F3N2O/c1-12-9-15-16-10-13(20(21,22)23)7-8-18(16)24-11-17(15)19(26)25(12)14-5-3-2-4-6-14/h2-12,24H,1H3. The van der Waals surface area contributed by atoms with Gasteiger partial charge in [0.1, 0.15) is 0 Å². The highest BCUT2D eigenvalue weighted by atomic mass is 19.4. The van der Waals surface area contributed by atoms with Gasteiger partial charge >= 0.3 is 6.18 Å². The van der Waals surface area contributed by atoms with Gasteiger partial charge < -0.3 is 10.2 Å². The van der Waals surface area contributed by atoms with Crippen molar-refractivity contribution in [2.24, 2.45) is 0 Å². The summed E-state index contributed by atoms with van der Waals surface area (Å²) in [6.07, 6.45) is -1.04. The van der Waals surface area contributed by atoms with Crippen LogP contribution in [0.15, 0.2) is 66.4 Å². The Morgan fingerprint density at radius 3 is 2.46 bits per heavy atom. The molecule has 0 saturated carbocycles. The first-order valence-corrected chi connectivity index (χ1v) is 8.15. The Morgan fingerprint density at radius 1 is 1.04 bits per heavy atom. The van der Waals surface area contributed by atoms with Crippen molar-refractivity contribution in [1.82, 2.24) is 0 Å². The van der Waals surface area contributed by atoms with Gasteiger partial charge in [0.25, 0.3) is 5.91 Å². The lowest BCUT2D eigenvalue weighted by Crippen LogP contribution is -2.42. The zero-order valence-electron chi connectivity index (χ0n) is 13.8. The summed E-state index contributed by atoms with van der Waals surface area (Å²) >= 11 is 0. The number of hydrogen-bond donors (Lipinski definition) is 1. The van der Waals surface area contributed by atoms with Crippen molar-refractivity contribution in [1.29, 1.82) is 0 Å². The van der Waals surface area contributed by atoms with Crippen LogP contribution >= 0.6 is 0 Å². The van der Waals surface area contributed by atoms with Gasteiger partial charge in [-0.15, -0.1) is 0 Å². The molecule has 132 valence electrons. The number of para-hydroxylation sites is 1. The van der Waals surface area contributed by atoms with E-state index in [9.17, 15) is 18.0 Å². The van der Waals surface area contributed by atoms with E-state index in [1.54, 1.807) is 11.1 Å². The smallest absolute Gasteiger partial charge is 0.360 e.